The number of esters is 7. The van der Waals surface area contributed by atoms with Gasteiger partial charge >= 0.3 is 41.8 Å². The first kappa shape index (κ1) is 85.2. The van der Waals surface area contributed by atoms with Crippen molar-refractivity contribution in [1.29, 1.82) is 0 Å². The van der Waals surface area contributed by atoms with Gasteiger partial charge in [-0.2, -0.15) is 0 Å². The Labute approximate surface area is 679 Å². The van der Waals surface area contributed by atoms with Gasteiger partial charge in [-0.25, -0.2) is 33.6 Å². The standard InChI is InChI=1S/C26H20O6.C23H20O6.C22H18O6.C16H16O3.C9H16/c1-29-21-9-3-17(4-10-21)25(27)31-23-13-7-20-16-24(14-8-19(20)15-23)32-26(28)18-5-11-22(30-2)12-6-18;1-15-14-20(28-22(24)16-4-8-18(26-2)9-5-16)12-13-21(15)29-23(25)17-6-10-19(27-3)11-7-17;1-25-17-7-3-15(4-8-17)21(23)27-19-11-13-20(14-12-19)28-22(24)16-5-9-18(26-2)10-6-16;1-3-18-14-10-6-13(7-11-14)16(17)19-15-8-4-12(2)5-9-15;1-6-7(2)9-4-3-8(6)5-9/h3-16H,1-2H3;4-14H,1-3H3;3-14H,1-2H3;4-11H,3H2,1-2H3;6-9H,3-5H2,1-2H3. The van der Waals surface area contributed by atoms with Crippen LogP contribution in [0.2, 0.25) is 0 Å². The molecule has 2 saturated carbocycles. The van der Waals surface area contributed by atoms with Crippen LogP contribution in [0.1, 0.15) is 124 Å². The average molecular weight is 1580 g/mol. The Hall–Kier alpha value is -14.2. The van der Waals surface area contributed by atoms with Gasteiger partial charge in [0, 0.05) is 0 Å². The van der Waals surface area contributed by atoms with Crippen molar-refractivity contribution in [3.63, 3.8) is 0 Å². The molecular weight excluding hydrogens is 1490 g/mol. The summed E-state index contributed by atoms with van der Waals surface area (Å²) in [5.41, 5.74) is 4.74. The number of aryl methyl sites for hydroxylation is 2. The van der Waals surface area contributed by atoms with Crippen LogP contribution in [0.25, 0.3) is 10.8 Å². The number of hydrogen-bond acceptors (Lipinski definition) is 21. The smallest absolute Gasteiger partial charge is 0.343 e. The van der Waals surface area contributed by atoms with Crippen LogP contribution in [0.5, 0.6) is 80.5 Å². The van der Waals surface area contributed by atoms with E-state index in [-0.39, 0.29) is 5.97 Å². The predicted octanol–water partition coefficient (Wildman–Crippen LogP) is 20.2. The fourth-order valence-electron chi connectivity index (χ4n) is 12.5. The third kappa shape index (κ3) is 24.6. The molecule has 117 heavy (non-hydrogen) atoms. The van der Waals surface area contributed by atoms with Crippen LogP contribution in [-0.4, -0.2) is 91.1 Å². The van der Waals surface area contributed by atoms with Gasteiger partial charge in [-0.05, 0) is 329 Å². The third-order valence-electron chi connectivity index (χ3n) is 19.4. The van der Waals surface area contributed by atoms with Gasteiger partial charge in [-0.3, -0.25) is 0 Å². The van der Waals surface area contributed by atoms with Crippen LogP contribution in [0.4, 0.5) is 0 Å². The molecule has 0 radical (unpaired) electrons. The fraction of sp³-hybridized carbons (Fsp3) is 0.198. The number of rotatable bonds is 22. The number of fused-ring (bicyclic) bond motifs is 3. The Bertz CT molecular complexity index is 5100. The molecule has 0 aliphatic heterocycles. The van der Waals surface area contributed by atoms with E-state index in [1.807, 2.05) is 26.0 Å². The van der Waals surface area contributed by atoms with Crippen molar-refractivity contribution in [2.45, 2.75) is 53.9 Å². The monoisotopic (exact) mass is 1580 g/mol. The number of carbonyl (C=O) groups excluding carboxylic acids is 7. The highest BCUT2D eigenvalue weighted by molar-refractivity contribution is 5.96. The maximum atomic E-state index is 12.4. The van der Waals surface area contributed by atoms with Gasteiger partial charge in [-0.15, -0.1) is 0 Å². The summed E-state index contributed by atoms with van der Waals surface area (Å²) in [7, 11) is 9.34. The minimum atomic E-state index is -0.495. The molecule has 0 amide bonds. The lowest BCUT2D eigenvalue weighted by Gasteiger charge is -2.24. The van der Waals surface area contributed by atoms with Crippen molar-refractivity contribution in [3.05, 3.63) is 323 Å². The second kappa shape index (κ2) is 42.1. The molecule has 600 valence electrons. The van der Waals surface area contributed by atoms with Gasteiger partial charge in [0.2, 0.25) is 0 Å². The van der Waals surface area contributed by atoms with E-state index >= 15 is 0 Å². The van der Waals surface area contributed by atoms with Crippen molar-refractivity contribution in [3.8, 4) is 80.5 Å². The lowest BCUT2D eigenvalue weighted by molar-refractivity contribution is 0.0718. The Morgan fingerprint density at radius 1 is 0.265 bits per heavy atom. The summed E-state index contributed by atoms with van der Waals surface area (Å²) in [5, 5.41) is 1.68. The molecule has 21 heteroatoms. The van der Waals surface area contributed by atoms with E-state index in [4.69, 9.17) is 66.3 Å². The predicted molar refractivity (Wildman–Crippen MR) is 442 cm³/mol. The highest BCUT2D eigenvalue weighted by atomic mass is 16.6. The largest absolute Gasteiger partial charge is 0.497 e. The van der Waals surface area contributed by atoms with E-state index in [0.717, 1.165) is 45.8 Å². The minimum Gasteiger partial charge on any atom is -0.497 e. The Morgan fingerprint density at radius 2 is 0.487 bits per heavy atom. The quantitative estimate of drug-likeness (QED) is 0.0452. The molecule has 0 spiro atoms. The van der Waals surface area contributed by atoms with Gasteiger partial charge in [0.05, 0.1) is 88.2 Å². The number of carbonyl (C=O) groups is 7. The van der Waals surface area contributed by atoms with Crippen LogP contribution in [0.3, 0.4) is 0 Å². The van der Waals surface area contributed by atoms with E-state index in [1.165, 1.54) is 12.8 Å². The lowest BCUT2D eigenvalue weighted by atomic mass is 9.82. The van der Waals surface area contributed by atoms with E-state index in [9.17, 15) is 33.6 Å². The zero-order valence-electron chi connectivity index (χ0n) is 66.7. The number of ether oxygens (including phenoxy) is 14. The summed E-state index contributed by atoms with van der Waals surface area (Å²) in [5.74, 6) is 8.54. The Morgan fingerprint density at radius 3 is 0.735 bits per heavy atom. The first-order valence-electron chi connectivity index (χ1n) is 37.6. The van der Waals surface area contributed by atoms with Crippen molar-refractivity contribution in [1.82, 2.24) is 0 Å². The summed E-state index contributed by atoms with van der Waals surface area (Å²) >= 11 is 0. The highest BCUT2D eigenvalue weighted by Gasteiger charge is 2.42. The molecule has 0 saturated heterocycles. The summed E-state index contributed by atoms with van der Waals surface area (Å²) in [6.07, 6.45) is 4.63. The Kier molecular flexibility index (Phi) is 30.6. The fourth-order valence-corrected chi connectivity index (χ4v) is 12.5. The SMILES string of the molecule is CC1C2CCC(C2)C1C.CCOc1ccc(C(=O)Oc2ccc(C)cc2)cc1.COc1ccc(C(=O)Oc2ccc(OC(=O)c3ccc(OC)cc3)c(C)c2)cc1.COc1ccc(C(=O)Oc2ccc(OC(=O)c3ccc(OC)cc3)cc2)cc1.COc1ccc(C(=O)Oc2ccc3cc(OC(=O)c4ccc(OC)cc4)ccc3c2)cc1. The van der Waals surface area contributed by atoms with Gasteiger partial charge in [-0.1, -0.05) is 43.7 Å². The van der Waals surface area contributed by atoms with Crippen LogP contribution in [0, 0.1) is 37.5 Å². The zero-order valence-corrected chi connectivity index (χ0v) is 66.7. The number of hydrogen-bond donors (Lipinski definition) is 0. The second-order valence-corrected chi connectivity index (χ2v) is 27.0. The molecule has 2 bridgehead atoms. The number of benzene rings is 12. The summed E-state index contributed by atoms with van der Waals surface area (Å²) in [6, 6.07) is 75.6. The van der Waals surface area contributed by atoms with Crippen LogP contribution in [-0.2, 0) is 0 Å². The van der Waals surface area contributed by atoms with Gasteiger partial charge in [0.1, 0.15) is 80.5 Å². The van der Waals surface area contributed by atoms with Crippen molar-refractivity contribution in [2.24, 2.45) is 23.7 Å². The topological polar surface area (TPSA) is 249 Å². The van der Waals surface area contributed by atoms with Gasteiger partial charge in [0.25, 0.3) is 0 Å². The third-order valence-corrected chi connectivity index (χ3v) is 19.4. The molecule has 4 atom stereocenters. The molecule has 12 aromatic carbocycles. The summed E-state index contributed by atoms with van der Waals surface area (Å²) < 4.78 is 73.5. The normalized spacial score (nSPS) is 13.8. The molecule has 2 aliphatic carbocycles. The van der Waals surface area contributed by atoms with Crippen LogP contribution in [0.15, 0.2) is 273 Å². The minimum absolute atomic E-state index is 0.338. The van der Waals surface area contributed by atoms with Crippen molar-refractivity contribution in [2.75, 3.05) is 49.3 Å². The lowest BCUT2D eigenvalue weighted by Crippen LogP contribution is -2.15. The molecule has 0 heterocycles. The van der Waals surface area contributed by atoms with Crippen molar-refractivity contribution < 1.29 is 99.9 Å². The molecule has 12 aromatic rings. The molecule has 0 N–H and O–H groups in total. The first-order valence-corrected chi connectivity index (χ1v) is 37.6. The molecule has 21 nitrogen and oxygen atoms in total. The molecular formula is C96H90O21. The first-order chi connectivity index (χ1) is 56.6. The van der Waals surface area contributed by atoms with E-state index in [0.29, 0.717) is 126 Å². The Balaban J connectivity index is 0.000000160. The van der Waals surface area contributed by atoms with E-state index in [1.54, 1.807) is 317 Å². The summed E-state index contributed by atoms with van der Waals surface area (Å²) in [6.45, 7) is 11.1. The van der Waals surface area contributed by atoms with Gasteiger partial charge in [0.15, 0.2) is 0 Å². The van der Waals surface area contributed by atoms with Gasteiger partial charge < -0.3 is 66.3 Å². The van der Waals surface area contributed by atoms with E-state index in [2.05, 4.69) is 13.8 Å². The van der Waals surface area contributed by atoms with Crippen molar-refractivity contribution >= 4 is 52.6 Å². The number of methoxy groups -OCH3 is 6. The molecule has 4 unspecified atom stereocenters. The van der Waals surface area contributed by atoms with E-state index < -0.39 is 35.8 Å². The highest BCUT2D eigenvalue weighted by Crippen LogP contribution is 2.51. The maximum Gasteiger partial charge on any atom is 0.343 e. The second-order valence-electron chi connectivity index (χ2n) is 27.0. The van der Waals surface area contributed by atoms with Crippen LogP contribution >= 0.6 is 0 Å². The zero-order chi connectivity index (χ0) is 83.3. The molecule has 0 aromatic heterocycles. The van der Waals surface area contributed by atoms with Crippen LogP contribution < -0.4 is 66.3 Å². The average Bonchev–Trinajstić information content (AvgIpc) is 1.75. The molecule has 2 aliphatic rings. The molecule has 2 fully saturated rings. The molecule has 14 rings (SSSR count). The maximum absolute atomic E-state index is 12.4. The summed E-state index contributed by atoms with van der Waals surface area (Å²) in [4.78, 5) is 85.5.